The number of halogens is 1. The number of unbranched alkanes of at least 4 members (excludes halogenated alkanes) is 1. The van der Waals surface area contributed by atoms with E-state index in [1.54, 1.807) is 12.1 Å². The minimum atomic E-state index is -0.163. The fraction of sp³-hybridized carbons (Fsp3) is 0.545. The van der Waals surface area contributed by atoms with Gasteiger partial charge in [-0.25, -0.2) is 0 Å². The number of amides is 2. The lowest BCUT2D eigenvalue weighted by Gasteiger charge is -2.26. The van der Waals surface area contributed by atoms with Gasteiger partial charge in [-0.15, -0.1) is 10.2 Å². The second kappa shape index (κ2) is 12.6. The first-order valence-corrected chi connectivity index (χ1v) is 11.9. The van der Waals surface area contributed by atoms with E-state index < -0.39 is 0 Å². The number of carbonyl (C=O) groups is 2. The Kier molecular flexibility index (Phi) is 10.2. The van der Waals surface area contributed by atoms with Crippen LogP contribution >= 0.6 is 22.9 Å². The molecule has 0 saturated carbocycles. The van der Waals surface area contributed by atoms with E-state index in [0.717, 1.165) is 37.7 Å². The summed E-state index contributed by atoms with van der Waals surface area (Å²) in [7, 11) is 0. The predicted molar refractivity (Wildman–Crippen MR) is 124 cm³/mol. The molecule has 0 radical (unpaired) electrons. The SMILES string of the molecule is CCCC[C@@H](CC)C(=O)N(CCC)CCC(=O)Nc1nnc(-c2ccc(Cl)cc2)s1. The van der Waals surface area contributed by atoms with Crippen molar-refractivity contribution in [2.45, 2.75) is 59.3 Å². The number of carbonyl (C=O) groups excluding carboxylic acids is 2. The number of nitrogens with zero attached hydrogens (tertiary/aromatic N) is 3. The molecule has 1 atom stereocenters. The predicted octanol–water partition coefficient (Wildman–Crippen LogP) is 5.64. The average Bonchev–Trinajstić information content (AvgIpc) is 3.20. The normalized spacial score (nSPS) is 11.9. The molecule has 0 aliphatic rings. The Bertz CT molecular complexity index is 810. The summed E-state index contributed by atoms with van der Waals surface area (Å²) in [6.07, 6.45) is 5.00. The third-order valence-corrected chi connectivity index (χ3v) is 6.06. The maximum atomic E-state index is 12.9. The molecule has 0 bridgehead atoms. The largest absolute Gasteiger partial charge is 0.342 e. The third-order valence-electron chi connectivity index (χ3n) is 4.92. The molecular weight excluding hydrogens is 420 g/mol. The van der Waals surface area contributed by atoms with Crippen LogP contribution in [0.3, 0.4) is 0 Å². The molecule has 1 N–H and O–H groups in total. The molecule has 0 fully saturated rings. The molecule has 2 amide bonds. The molecule has 1 aromatic carbocycles. The van der Waals surface area contributed by atoms with Gasteiger partial charge in [0.2, 0.25) is 16.9 Å². The van der Waals surface area contributed by atoms with E-state index in [2.05, 4.69) is 29.4 Å². The molecule has 8 heteroatoms. The van der Waals surface area contributed by atoms with Crippen LogP contribution in [0.1, 0.15) is 59.3 Å². The van der Waals surface area contributed by atoms with Crippen LogP contribution in [0.5, 0.6) is 0 Å². The number of aromatic nitrogens is 2. The smallest absolute Gasteiger partial charge is 0.227 e. The molecule has 30 heavy (non-hydrogen) atoms. The zero-order valence-electron chi connectivity index (χ0n) is 18.0. The molecule has 1 aromatic heterocycles. The van der Waals surface area contributed by atoms with Crippen LogP contribution in [0, 0.1) is 5.92 Å². The minimum absolute atomic E-state index is 0.0460. The molecule has 0 aliphatic carbocycles. The van der Waals surface area contributed by atoms with Gasteiger partial charge in [0.15, 0.2) is 0 Å². The van der Waals surface area contributed by atoms with E-state index in [-0.39, 0.29) is 24.2 Å². The summed E-state index contributed by atoms with van der Waals surface area (Å²) in [5.41, 5.74) is 0.898. The van der Waals surface area contributed by atoms with E-state index in [9.17, 15) is 9.59 Å². The highest BCUT2D eigenvalue weighted by molar-refractivity contribution is 7.18. The standard InChI is InChI=1S/C22H31ClN4O2S/c1-4-7-8-16(6-3)21(29)27(14-5-2)15-13-19(28)24-22-26-25-20(30-22)17-9-11-18(23)12-10-17/h9-12,16H,4-8,13-15H2,1-3H3,(H,24,26,28)/t16-/m1/s1. The first-order valence-electron chi connectivity index (χ1n) is 10.7. The third kappa shape index (κ3) is 7.36. The minimum Gasteiger partial charge on any atom is -0.342 e. The van der Waals surface area contributed by atoms with Crippen LogP contribution in [-0.2, 0) is 9.59 Å². The topological polar surface area (TPSA) is 75.2 Å². The van der Waals surface area contributed by atoms with Gasteiger partial charge in [0.05, 0.1) is 0 Å². The van der Waals surface area contributed by atoms with E-state index in [4.69, 9.17) is 11.6 Å². The van der Waals surface area contributed by atoms with Gasteiger partial charge < -0.3 is 10.2 Å². The Morgan fingerprint density at radius 2 is 1.83 bits per heavy atom. The number of hydrogen-bond donors (Lipinski definition) is 1. The van der Waals surface area contributed by atoms with Crippen LogP contribution in [0.15, 0.2) is 24.3 Å². The second-order valence-corrected chi connectivity index (χ2v) is 8.70. The Balaban J connectivity index is 1.91. The molecule has 2 aromatic rings. The number of benzene rings is 1. The Hall–Kier alpha value is -1.99. The van der Waals surface area contributed by atoms with Crippen molar-refractivity contribution < 1.29 is 9.59 Å². The summed E-state index contributed by atoms with van der Waals surface area (Å²) in [5.74, 6) is 0.0514. The van der Waals surface area contributed by atoms with Crippen molar-refractivity contribution in [2.75, 3.05) is 18.4 Å². The fourth-order valence-electron chi connectivity index (χ4n) is 3.21. The molecule has 164 valence electrons. The molecule has 0 saturated heterocycles. The van der Waals surface area contributed by atoms with Gasteiger partial charge in [-0.2, -0.15) is 0 Å². The van der Waals surface area contributed by atoms with Crippen LogP contribution in [0.2, 0.25) is 5.02 Å². The number of hydrogen-bond acceptors (Lipinski definition) is 5. The first kappa shape index (κ1) is 24.3. The number of rotatable bonds is 12. The van der Waals surface area contributed by atoms with Crippen molar-refractivity contribution in [3.05, 3.63) is 29.3 Å². The number of nitrogens with one attached hydrogen (secondary N) is 1. The maximum absolute atomic E-state index is 12.9. The highest BCUT2D eigenvalue weighted by Gasteiger charge is 2.22. The zero-order chi connectivity index (χ0) is 21.9. The quantitative estimate of drug-likeness (QED) is 0.453. The van der Waals surface area contributed by atoms with Gasteiger partial charge in [-0.05, 0) is 31.4 Å². The number of anilines is 1. The molecule has 0 spiro atoms. The van der Waals surface area contributed by atoms with Crippen molar-refractivity contribution >= 4 is 39.9 Å². The van der Waals surface area contributed by atoms with Crippen molar-refractivity contribution in [2.24, 2.45) is 5.92 Å². The van der Waals surface area contributed by atoms with Gasteiger partial charge in [-0.1, -0.05) is 68.7 Å². The first-order chi connectivity index (χ1) is 14.5. The van der Waals surface area contributed by atoms with Crippen LogP contribution in [-0.4, -0.2) is 40.0 Å². The summed E-state index contributed by atoms with van der Waals surface area (Å²) < 4.78 is 0. The maximum Gasteiger partial charge on any atom is 0.227 e. The molecular formula is C22H31ClN4O2S. The Labute approximate surface area is 188 Å². The summed E-state index contributed by atoms with van der Waals surface area (Å²) in [6, 6.07) is 7.32. The van der Waals surface area contributed by atoms with Crippen LogP contribution < -0.4 is 5.32 Å². The lowest BCUT2D eigenvalue weighted by atomic mass is 9.97. The van der Waals surface area contributed by atoms with Crippen molar-refractivity contribution in [1.29, 1.82) is 0 Å². The summed E-state index contributed by atoms with van der Waals surface area (Å²) in [5, 5.41) is 12.8. The highest BCUT2D eigenvalue weighted by Crippen LogP contribution is 2.27. The van der Waals surface area contributed by atoms with Gasteiger partial charge >= 0.3 is 0 Å². The Morgan fingerprint density at radius 1 is 1.10 bits per heavy atom. The second-order valence-electron chi connectivity index (χ2n) is 7.29. The van der Waals surface area contributed by atoms with Gasteiger partial charge in [0.1, 0.15) is 5.01 Å². The summed E-state index contributed by atoms with van der Waals surface area (Å²) in [4.78, 5) is 27.1. The van der Waals surface area contributed by atoms with Crippen LogP contribution in [0.4, 0.5) is 5.13 Å². The molecule has 0 unspecified atom stereocenters. The van der Waals surface area contributed by atoms with Crippen molar-refractivity contribution in [1.82, 2.24) is 15.1 Å². The van der Waals surface area contributed by atoms with Crippen molar-refractivity contribution in [3.8, 4) is 10.6 Å². The van der Waals surface area contributed by atoms with Crippen molar-refractivity contribution in [3.63, 3.8) is 0 Å². The lowest BCUT2D eigenvalue weighted by molar-refractivity contribution is -0.136. The zero-order valence-corrected chi connectivity index (χ0v) is 19.6. The molecule has 6 nitrogen and oxygen atoms in total. The van der Waals surface area contributed by atoms with E-state index in [0.29, 0.717) is 28.3 Å². The summed E-state index contributed by atoms with van der Waals surface area (Å²) >= 11 is 7.22. The molecule has 2 rings (SSSR count). The molecule has 1 heterocycles. The van der Waals surface area contributed by atoms with Gasteiger partial charge in [0, 0.05) is 36.0 Å². The lowest BCUT2D eigenvalue weighted by Crippen LogP contribution is -2.38. The average molecular weight is 451 g/mol. The monoisotopic (exact) mass is 450 g/mol. The Morgan fingerprint density at radius 3 is 2.47 bits per heavy atom. The highest BCUT2D eigenvalue weighted by atomic mass is 35.5. The van der Waals surface area contributed by atoms with Crippen LogP contribution in [0.25, 0.3) is 10.6 Å². The van der Waals surface area contributed by atoms with E-state index in [1.807, 2.05) is 24.0 Å². The van der Waals surface area contributed by atoms with E-state index >= 15 is 0 Å². The summed E-state index contributed by atoms with van der Waals surface area (Å²) in [6.45, 7) is 7.34. The van der Waals surface area contributed by atoms with Gasteiger partial charge in [-0.3, -0.25) is 9.59 Å². The fourth-order valence-corrected chi connectivity index (χ4v) is 4.11. The molecule has 0 aliphatic heterocycles. The van der Waals surface area contributed by atoms with Gasteiger partial charge in [0.25, 0.3) is 0 Å². The van der Waals surface area contributed by atoms with E-state index in [1.165, 1.54) is 11.3 Å².